The second-order valence-corrected chi connectivity index (χ2v) is 9.54. The summed E-state index contributed by atoms with van der Waals surface area (Å²) in [5, 5.41) is 4.85. The lowest BCUT2D eigenvalue weighted by Gasteiger charge is -2.29. The fraction of sp³-hybridized carbons (Fsp3) is 0.545. The van der Waals surface area contributed by atoms with E-state index < -0.39 is 0 Å². The zero-order valence-electron chi connectivity index (χ0n) is 17.0. The van der Waals surface area contributed by atoms with Crippen molar-refractivity contribution >= 4 is 29.3 Å². The van der Waals surface area contributed by atoms with Gasteiger partial charge >= 0.3 is 0 Å². The molecule has 0 bridgehead atoms. The number of nitrogens with one attached hydrogen (secondary N) is 1. The van der Waals surface area contributed by atoms with E-state index in [1.54, 1.807) is 0 Å². The zero-order chi connectivity index (χ0) is 20.1. The molecule has 4 nitrogen and oxygen atoms in total. The first-order valence-electron chi connectivity index (χ1n) is 10.2. The summed E-state index contributed by atoms with van der Waals surface area (Å²) in [7, 11) is 0. The van der Waals surface area contributed by atoms with Crippen molar-refractivity contribution < 1.29 is 4.79 Å². The van der Waals surface area contributed by atoms with Gasteiger partial charge in [0.2, 0.25) is 5.91 Å². The van der Waals surface area contributed by atoms with Gasteiger partial charge in [0.25, 0.3) is 0 Å². The quantitative estimate of drug-likeness (QED) is 0.590. The summed E-state index contributed by atoms with van der Waals surface area (Å²) >= 11 is 7.55. The van der Waals surface area contributed by atoms with Crippen molar-refractivity contribution in [2.45, 2.75) is 64.2 Å². The summed E-state index contributed by atoms with van der Waals surface area (Å²) in [6.45, 7) is 7.49. The highest BCUT2D eigenvalue weighted by molar-refractivity contribution is 7.99. The molecule has 1 amide bonds. The standard InChI is InChI=1S/C22H30ClN3OS/c1-15(2)13-26-20(17-8-10-18(23)11-9-17)12-24-22(26)28-14-21(27)25-19-7-5-4-6-16(19)3/h8-12,15-16,19H,4-7,13-14H2,1-3H3,(H,25,27)/t16-,19+/m0/s1. The largest absolute Gasteiger partial charge is 0.352 e. The molecular formula is C22H30ClN3OS. The molecule has 3 rings (SSSR count). The number of amides is 1. The van der Waals surface area contributed by atoms with Gasteiger partial charge in [-0.25, -0.2) is 4.98 Å². The van der Waals surface area contributed by atoms with Crippen molar-refractivity contribution in [3.05, 3.63) is 35.5 Å². The molecule has 152 valence electrons. The Morgan fingerprint density at radius 3 is 2.68 bits per heavy atom. The maximum absolute atomic E-state index is 12.5. The number of imidazole rings is 1. The van der Waals surface area contributed by atoms with E-state index >= 15 is 0 Å². The third-order valence-corrected chi connectivity index (χ3v) is 6.54. The lowest BCUT2D eigenvalue weighted by atomic mass is 9.86. The van der Waals surface area contributed by atoms with Gasteiger partial charge in [0, 0.05) is 17.6 Å². The molecule has 1 aromatic carbocycles. The van der Waals surface area contributed by atoms with Crippen molar-refractivity contribution in [1.82, 2.24) is 14.9 Å². The maximum atomic E-state index is 12.5. The summed E-state index contributed by atoms with van der Waals surface area (Å²) in [6, 6.07) is 8.15. The van der Waals surface area contributed by atoms with Gasteiger partial charge in [0.15, 0.2) is 5.16 Å². The average Bonchev–Trinajstić information content (AvgIpc) is 3.04. The van der Waals surface area contributed by atoms with Crippen LogP contribution in [0.2, 0.25) is 5.02 Å². The molecule has 0 unspecified atom stereocenters. The second kappa shape index (κ2) is 9.84. The molecule has 6 heteroatoms. The van der Waals surface area contributed by atoms with Crippen LogP contribution in [0.4, 0.5) is 0 Å². The maximum Gasteiger partial charge on any atom is 0.230 e. The third-order valence-electron chi connectivity index (χ3n) is 5.30. The van der Waals surface area contributed by atoms with Gasteiger partial charge in [-0.15, -0.1) is 0 Å². The van der Waals surface area contributed by atoms with E-state index in [0.717, 1.165) is 34.4 Å². The van der Waals surface area contributed by atoms with Crippen LogP contribution in [0.1, 0.15) is 46.5 Å². The lowest BCUT2D eigenvalue weighted by Crippen LogP contribution is -2.41. The molecule has 1 fully saturated rings. The molecule has 0 aliphatic heterocycles. The van der Waals surface area contributed by atoms with Crippen LogP contribution in [0, 0.1) is 11.8 Å². The van der Waals surface area contributed by atoms with Crippen molar-refractivity contribution in [3.63, 3.8) is 0 Å². The van der Waals surface area contributed by atoms with Gasteiger partial charge in [-0.1, -0.05) is 69.1 Å². The molecule has 28 heavy (non-hydrogen) atoms. The molecule has 2 aromatic rings. The first-order chi connectivity index (χ1) is 13.4. The molecule has 0 radical (unpaired) electrons. The van der Waals surface area contributed by atoms with Crippen molar-refractivity contribution in [3.8, 4) is 11.3 Å². The van der Waals surface area contributed by atoms with Crippen LogP contribution in [0.25, 0.3) is 11.3 Å². The van der Waals surface area contributed by atoms with Gasteiger partial charge < -0.3 is 9.88 Å². The van der Waals surface area contributed by atoms with E-state index in [-0.39, 0.29) is 5.91 Å². The van der Waals surface area contributed by atoms with Gasteiger partial charge in [0.05, 0.1) is 17.6 Å². The van der Waals surface area contributed by atoms with Crippen molar-refractivity contribution in [2.24, 2.45) is 11.8 Å². The normalized spacial score (nSPS) is 19.8. The molecule has 1 heterocycles. The molecule has 2 atom stereocenters. The Labute approximate surface area is 177 Å². The van der Waals surface area contributed by atoms with Crippen LogP contribution in [-0.4, -0.2) is 27.3 Å². The number of thioether (sulfide) groups is 1. The number of benzene rings is 1. The Balaban J connectivity index is 1.69. The summed E-state index contributed by atoms with van der Waals surface area (Å²) in [4.78, 5) is 17.1. The van der Waals surface area contributed by atoms with E-state index in [4.69, 9.17) is 11.6 Å². The third kappa shape index (κ3) is 5.54. The van der Waals surface area contributed by atoms with E-state index in [2.05, 4.69) is 35.6 Å². The van der Waals surface area contributed by atoms with Gasteiger partial charge in [-0.3, -0.25) is 4.79 Å². The van der Waals surface area contributed by atoms with Gasteiger partial charge in [0.1, 0.15) is 0 Å². The summed E-state index contributed by atoms with van der Waals surface area (Å²) in [5.74, 6) is 1.56. The Kier molecular flexibility index (Phi) is 7.47. The SMILES string of the molecule is CC(C)Cn1c(-c2ccc(Cl)cc2)cnc1SCC(=O)N[C@@H]1CCCC[C@@H]1C. The Morgan fingerprint density at radius 1 is 1.29 bits per heavy atom. The predicted molar refractivity (Wildman–Crippen MR) is 118 cm³/mol. The topological polar surface area (TPSA) is 46.9 Å². The van der Waals surface area contributed by atoms with Crippen molar-refractivity contribution in [2.75, 3.05) is 5.75 Å². The van der Waals surface area contributed by atoms with E-state index in [1.807, 2.05) is 30.5 Å². The molecule has 0 saturated heterocycles. The van der Waals surface area contributed by atoms with Crippen LogP contribution in [-0.2, 0) is 11.3 Å². The molecular weight excluding hydrogens is 390 g/mol. The Hall–Kier alpha value is -1.46. The van der Waals surface area contributed by atoms with E-state index in [1.165, 1.54) is 31.0 Å². The predicted octanol–water partition coefficient (Wildman–Crippen LogP) is 5.65. The van der Waals surface area contributed by atoms with Gasteiger partial charge in [-0.05, 0) is 42.4 Å². The minimum atomic E-state index is 0.107. The number of halogens is 1. The number of carbonyl (C=O) groups excluding carboxylic acids is 1. The monoisotopic (exact) mass is 419 g/mol. The molecule has 1 saturated carbocycles. The number of carbonyl (C=O) groups is 1. The van der Waals surface area contributed by atoms with E-state index in [0.29, 0.717) is 23.6 Å². The minimum Gasteiger partial charge on any atom is -0.352 e. The highest BCUT2D eigenvalue weighted by Gasteiger charge is 2.23. The minimum absolute atomic E-state index is 0.107. The molecule has 1 aromatic heterocycles. The fourth-order valence-electron chi connectivity index (χ4n) is 3.78. The Bertz CT molecular complexity index is 788. The number of rotatable bonds is 7. The average molecular weight is 420 g/mol. The highest BCUT2D eigenvalue weighted by atomic mass is 35.5. The smallest absolute Gasteiger partial charge is 0.230 e. The number of hydrogen-bond acceptors (Lipinski definition) is 3. The fourth-order valence-corrected chi connectivity index (χ4v) is 4.70. The van der Waals surface area contributed by atoms with Crippen LogP contribution in [0.3, 0.4) is 0 Å². The summed E-state index contributed by atoms with van der Waals surface area (Å²) in [6.07, 6.45) is 6.70. The van der Waals surface area contributed by atoms with Crippen LogP contribution < -0.4 is 5.32 Å². The number of hydrogen-bond donors (Lipinski definition) is 1. The first kappa shape index (κ1) is 21.3. The molecule has 0 spiro atoms. The van der Waals surface area contributed by atoms with Crippen LogP contribution >= 0.6 is 23.4 Å². The molecule has 1 aliphatic carbocycles. The number of aromatic nitrogens is 2. The van der Waals surface area contributed by atoms with Crippen LogP contribution in [0.5, 0.6) is 0 Å². The van der Waals surface area contributed by atoms with Crippen molar-refractivity contribution in [1.29, 1.82) is 0 Å². The highest BCUT2D eigenvalue weighted by Crippen LogP contribution is 2.28. The van der Waals surface area contributed by atoms with Crippen LogP contribution in [0.15, 0.2) is 35.6 Å². The zero-order valence-corrected chi connectivity index (χ0v) is 18.5. The van der Waals surface area contributed by atoms with E-state index in [9.17, 15) is 4.79 Å². The lowest BCUT2D eigenvalue weighted by molar-refractivity contribution is -0.119. The summed E-state index contributed by atoms with van der Waals surface area (Å²) in [5.41, 5.74) is 2.15. The Morgan fingerprint density at radius 2 is 2.00 bits per heavy atom. The molecule has 1 N–H and O–H groups in total. The van der Waals surface area contributed by atoms with Gasteiger partial charge in [-0.2, -0.15) is 0 Å². The molecule has 1 aliphatic rings. The second-order valence-electron chi connectivity index (χ2n) is 8.16. The number of nitrogens with zero attached hydrogens (tertiary/aromatic N) is 2. The summed E-state index contributed by atoms with van der Waals surface area (Å²) < 4.78 is 2.22. The first-order valence-corrected chi connectivity index (χ1v) is 11.5.